The molecule has 0 bridgehead atoms. The molecule has 206 valence electrons. The number of carbonyl (C=O) groups is 5. The number of nitrogens with zero attached hydrogens (tertiary/aromatic N) is 1. The van der Waals surface area contributed by atoms with Crippen molar-refractivity contribution in [1.29, 1.82) is 0 Å². The molecule has 0 aromatic carbocycles. The Morgan fingerprint density at radius 1 is 0.889 bits per heavy atom. The number of aliphatic imine (C=N–C) groups is 1. The zero-order valence-corrected chi connectivity index (χ0v) is 21.7. The van der Waals surface area contributed by atoms with Crippen LogP contribution >= 0.6 is 11.8 Å². The van der Waals surface area contributed by atoms with Gasteiger partial charge in [-0.05, 0) is 43.6 Å². The number of amides is 3. The van der Waals surface area contributed by atoms with Gasteiger partial charge in [-0.25, -0.2) is 4.79 Å². The number of carboxylic acids is 2. The maximum absolute atomic E-state index is 13.1. The van der Waals surface area contributed by atoms with E-state index in [1.54, 1.807) is 0 Å². The lowest BCUT2D eigenvalue weighted by Gasteiger charge is -2.26. The Bertz CT molecular complexity index is 791. The molecule has 0 aliphatic heterocycles. The molecule has 3 amide bonds. The van der Waals surface area contributed by atoms with Gasteiger partial charge in [0.15, 0.2) is 5.96 Å². The average molecular weight is 534 g/mol. The lowest BCUT2D eigenvalue weighted by molar-refractivity contribution is -0.142. The van der Waals surface area contributed by atoms with E-state index in [0.717, 1.165) is 0 Å². The second kappa shape index (κ2) is 17.4. The third-order valence-electron chi connectivity index (χ3n) is 4.87. The van der Waals surface area contributed by atoms with E-state index in [4.69, 9.17) is 22.3 Å². The van der Waals surface area contributed by atoms with E-state index in [-0.39, 0.29) is 44.1 Å². The number of rotatable bonds is 18. The number of aliphatic carboxylic acids is 2. The molecule has 0 rings (SSSR count). The van der Waals surface area contributed by atoms with E-state index < -0.39 is 60.2 Å². The van der Waals surface area contributed by atoms with Crippen molar-refractivity contribution in [1.82, 2.24) is 16.0 Å². The second-order valence-electron chi connectivity index (χ2n) is 8.59. The third-order valence-corrected chi connectivity index (χ3v) is 5.52. The van der Waals surface area contributed by atoms with Crippen molar-refractivity contribution >= 4 is 47.4 Å². The van der Waals surface area contributed by atoms with Gasteiger partial charge in [-0.3, -0.25) is 24.2 Å². The van der Waals surface area contributed by atoms with E-state index in [1.807, 2.05) is 20.1 Å². The van der Waals surface area contributed by atoms with Gasteiger partial charge in [0, 0.05) is 6.54 Å². The summed E-state index contributed by atoms with van der Waals surface area (Å²) in [5.74, 6) is -4.38. The van der Waals surface area contributed by atoms with Gasteiger partial charge in [-0.2, -0.15) is 11.8 Å². The Morgan fingerprint density at radius 3 is 1.94 bits per heavy atom. The largest absolute Gasteiger partial charge is 0.481 e. The normalized spacial score (nSPS) is 14.1. The molecule has 0 aromatic heterocycles. The lowest BCUT2D eigenvalue weighted by Crippen LogP contribution is -2.57. The number of hydrogen-bond acceptors (Lipinski definition) is 8. The molecule has 36 heavy (non-hydrogen) atoms. The summed E-state index contributed by atoms with van der Waals surface area (Å²) < 4.78 is 0. The van der Waals surface area contributed by atoms with Crippen LogP contribution in [-0.2, 0) is 24.0 Å². The fourth-order valence-electron chi connectivity index (χ4n) is 3.07. The summed E-state index contributed by atoms with van der Waals surface area (Å²) >= 11 is 1.43. The SMILES string of the molecule is CSCCC(NC(=O)C(CC(C)C)NC(=O)C(CCCN=C(N)N)NC(=O)C(N)CC(=O)O)C(=O)O. The third kappa shape index (κ3) is 14.4. The summed E-state index contributed by atoms with van der Waals surface area (Å²) in [4.78, 5) is 64.5. The minimum atomic E-state index is -1.39. The number of carboxylic acid groups (broad SMARTS) is 2. The molecule has 14 nitrogen and oxygen atoms in total. The average Bonchev–Trinajstić information content (AvgIpc) is 2.76. The van der Waals surface area contributed by atoms with Gasteiger partial charge >= 0.3 is 11.9 Å². The fraction of sp³-hybridized carbons (Fsp3) is 0.714. The minimum absolute atomic E-state index is 0.0329. The van der Waals surface area contributed by atoms with Gasteiger partial charge in [0.2, 0.25) is 17.7 Å². The highest BCUT2D eigenvalue weighted by atomic mass is 32.2. The second-order valence-corrected chi connectivity index (χ2v) is 9.57. The van der Waals surface area contributed by atoms with E-state index in [0.29, 0.717) is 5.75 Å². The maximum Gasteiger partial charge on any atom is 0.326 e. The highest BCUT2D eigenvalue weighted by Crippen LogP contribution is 2.09. The Kier molecular flexibility index (Phi) is 15.9. The number of guanidine groups is 1. The van der Waals surface area contributed by atoms with Gasteiger partial charge in [0.25, 0.3) is 0 Å². The summed E-state index contributed by atoms with van der Waals surface area (Å²) in [6.45, 7) is 3.82. The molecule has 15 heteroatoms. The Morgan fingerprint density at radius 2 is 1.44 bits per heavy atom. The number of thioether (sulfide) groups is 1. The first kappa shape index (κ1) is 32.9. The predicted octanol–water partition coefficient (Wildman–Crippen LogP) is -1.82. The molecule has 4 atom stereocenters. The molecule has 0 saturated carbocycles. The molecular weight excluding hydrogens is 494 g/mol. The first-order chi connectivity index (χ1) is 16.8. The van der Waals surface area contributed by atoms with Gasteiger partial charge in [-0.15, -0.1) is 0 Å². The number of hydrogen-bond donors (Lipinski definition) is 8. The first-order valence-electron chi connectivity index (χ1n) is 11.4. The summed E-state index contributed by atoms with van der Waals surface area (Å²) in [5, 5.41) is 25.7. The van der Waals surface area contributed by atoms with E-state index in [9.17, 15) is 29.1 Å². The van der Waals surface area contributed by atoms with Crippen molar-refractivity contribution < 1.29 is 34.2 Å². The quantitative estimate of drug-likeness (QED) is 0.0553. The fourth-order valence-corrected chi connectivity index (χ4v) is 3.54. The van der Waals surface area contributed by atoms with Crippen LogP contribution in [0.3, 0.4) is 0 Å². The molecule has 11 N–H and O–H groups in total. The maximum atomic E-state index is 13.1. The summed E-state index contributed by atoms with van der Waals surface area (Å²) in [5.41, 5.74) is 16.2. The molecular formula is C21H39N7O7S. The van der Waals surface area contributed by atoms with E-state index >= 15 is 0 Å². The summed E-state index contributed by atoms with van der Waals surface area (Å²) in [7, 11) is 0. The van der Waals surface area contributed by atoms with Gasteiger partial charge in [-0.1, -0.05) is 13.8 Å². The zero-order chi connectivity index (χ0) is 27.8. The van der Waals surface area contributed by atoms with Crippen molar-refractivity contribution in [2.24, 2.45) is 28.1 Å². The molecule has 0 saturated heterocycles. The Hall–Kier alpha value is -3.07. The van der Waals surface area contributed by atoms with Crippen LogP contribution in [0.2, 0.25) is 0 Å². The van der Waals surface area contributed by atoms with Crippen LogP contribution in [0, 0.1) is 5.92 Å². The van der Waals surface area contributed by atoms with Crippen LogP contribution in [0.4, 0.5) is 0 Å². The number of nitrogens with one attached hydrogen (secondary N) is 3. The highest BCUT2D eigenvalue weighted by molar-refractivity contribution is 7.98. The molecule has 0 spiro atoms. The van der Waals surface area contributed by atoms with Crippen molar-refractivity contribution in [3.05, 3.63) is 0 Å². The van der Waals surface area contributed by atoms with Crippen LogP contribution in [0.25, 0.3) is 0 Å². The van der Waals surface area contributed by atoms with Gasteiger partial charge < -0.3 is 43.4 Å². The smallest absolute Gasteiger partial charge is 0.326 e. The van der Waals surface area contributed by atoms with Crippen LogP contribution < -0.4 is 33.2 Å². The Balaban J connectivity index is 5.59. The molecule has 0 heterocycles. The van der Waals surface area contributed by atoms with Crippen molar-refractivity contribution in [3.8, 4) is 0 Å². The van der Waals surface area contributed by atoms with Gasteiger partial charge in [0.1, 0.15) is 18.1 Å². The molecule has 0 aliphatic carbocycles. The minimum Gasteiger partial charge on any atom is -0.481 e. The molecule has 0 fully saturated rings. The standard InChI is InChI=1S/C21H39N7O7S/c1-11(2)9-15(19(33)27-14(20(34)35)6-8-36-3)28-18(32)13(5-4-7-25-21(23)24)26-17(31)12(22)10-16(29)30/h11-15H,4-10,22H2,1-3H3,(H,26,31)(H,27,33)(H,28,32)(H,29,30)(H,34,35)(H4,23,24,25). The Labute approximate surface area is 214 Å². The van der Waals surface area contributed by atoms with Crippen LogP contribution in [0.5, 0.6) is 0 Å². The molecule has 4 unspecified atom stereocenters. The number of carbonyl (C=O) groups excluding carboxylic acids is 3. The van der Waals surface area contributed by atoms with Gasteiger partial charge in [0.05, 0.1) is 12.5 Å². The van der Waals surface area contributed by atoms with Crippen LogP contribution in [-0.4, -0.2) is 88.6 Å². The molecule has 0 radical (unpaired) electrons. The zero-order valence-electron chi connectivity index (χ0n) is 20.9. The number of nitrogens with two attached hydrogens (primary N) is 3. The van der Waals surface area contributed by atoms with Crippen LogP contribution in [0.15, 0.2) is 4.99 Å². The first-order valence-corrected chi connectivity index (χ1v) is 12.8. The summed E-state index contributed by atoms with van der Waals surface area (Å²) in [6.07, 6.45) is 1.93. The monoisotopic (exact) mass is 533 g/mol. The molecule has 0 aromatic rings. The topological polar surface area (TPSA) is 252 Å². The van der Waals surface area contributed by atoms with Crippen molar-refractivity contribution in [3.63, 3.8) is 0 Å². The summed E-state index contributed by atoms with van der Waals surface area (Å²) in [6, 6.07) is -4.75. The van der Waals surface area contributed by atoms with Crippen LogP contribution in [0.1, 0.15) is 46.0 Å². The van der Waals surface area contributed by atoms with Crippen molar-refractivity contribution in [2.45, 2.75) is 70.1 Å². The highest BCUT2D eigenvalue weighted by Gasteiger charge is 2.30. The van der Waals surface area contributed by atoms with Crippen molar-refractivity contribution in [2.75, 3.05) is 18.6 Å². The predicted molar refractivity (Wildman–Crippen MR) is 136 cm³/mol. The van der Waals surface area contributed by atoms with E-state index in [2.05, 4.69) is 20.9 Å². The van der Waals surface area contributed by atoms with E-state index in [1.165, 1.54) is 11.8 Å². The lowest BCUT2D eigenvalue weighted by atomic mass is 10.0. The molecule has 0 aliphatic rings.